The first-order valence-corrected chi connectivity index (χ1v) is 7.43. The Labute approximate surface area is 132 Å². The smallest absolute Gasteiger partial charge is 0.251 e. The Morgan fingerprint density at radius 3 is 2.96 bits per heavy atom. The maximum atomic E-state index is 12.3. The van der Waals surface area contributed by atoms with Gasteiger partial charge in [0, 0.05) is 37.0 Å². The van der Waals surface area contributed by atoms with Crippen LogP contribution in [0.15, 0.2) is 36.8 Å². The van der Waals surface area contributed by atoms with Gasteiger partial charge < -0.3 is 15.5 Å². The maximum absolute atomic E-state index is 12.3. The van der Waals surface area contributed by atoms with Crippen LogP contribution in [0.1, 0.15) is 26.3 Å². The first kappa shape index (κ1) is 13.7. The molecule has 1 saturated heterocycles. The van der Waals surface area contributed by atoms with Crippen molar-refractivity contribution in [2.45, 2.75) is 12.6 Å². The molecule has 1 aromatic carbocycles. The number of carbonyl (C=O) groups is 2. The summed E-state index contributed by atoms with van der Waals surface area (Å²) < 4.78 is 0. The molecule has 2 aromatic rings. The normalized spacial score (nSPS) is 16.5. The van der Waals surface area contributed by atoms with Gasteiger partial charge in [0.25, 0.3) is 11.8 Å². The second-order valence-corrected chi connectivity index (χ2v) is 5.70. The minimum absolute atomic E-state index is 0.0829. The van der Waals surface area contributed by atoms with E-state index in [0.29, 0.717) is 30.8 Å². The zero-order valence-electron chi connectivity index (χ0n) is 12.3. The van der Waals surface area contributed by atoms with Crippen molar-refractivity contribution in [2.75, 3.05) is 18.0 Å². The molecule has 0 atom stereocenters. The van der Waals surface area contributed by atoms with Crippen molar-refractivity contribution in [1.82, 2.24) is 20.6 Å². The predicted octanol–water partition coefficient (Wildman–Crippen LogP) is 0.339. The Hall–Kier alpha value is -2.96. The summed E-state index contributed by atoms with van der Waals surface area (Å²) in [5, 5.41) is 5.73. The lowest BCUT2D eigenvalue weighted by molar-refractivity contribution is 0.0930. The topological polar surface area (TPSA) is 87.2 Å². The Bertz CT molecular complexity index is 771. The Morgan fingerprint density at radius 1 is 1.30 bits per heavy atom. The number of rotatable bonds is 3. The summed E-state index contributed by atoms with van der Waals surface area (Å²) in [7, 11) is 0. The molecule has 116 valence electrons. The van der Waals surface area contributed by atoms with Gasteiger partial charge in [0.2, 0.25) is 0 Å². The van der Waals surface area contributed by atoms with Crippen LogP contribution in [0.5, 0.6) is 0 Å². The van der Waals surface area contributed by atoms with E-state index < -0.39 is 0 Å². The fourth-order valence-corrected chi connectivity index (χ4v) is 2.85. The summed E-state index contributed by atoms with van der Waals surface area (Å²) in [5.74, 6) is 0.591. The van der Waals surface area contributed by atoms with Crippen LogP contribution in [0.3, 0.4) is 0 Å². The zero-order chi connectivity index (χ0) is 15.8. The molecule has 0 bridgehead atoms. The summed E-state index contributed by atoms with van der Waals surface area (Å²) >= 11 is 0. The number of nitrogens with one attached hydrogen (secondary N) is 2. The van der Waals surface area contributed by atoms with Gasteiger partial charge in [-0.15, -0.1) is 0 Å². The molecule has 0 saturated carbocycles. The molecule has 1 aromatic heterocycles. The van der Waals surface area contributed by atoms with E-state index in [9.17, 15) is 9.59 Å². The van der Waals surface area contributed by atoms with Gasteiger partial charge in [-0.1, -0.05) is 6.07 Å². The molecule has 0 spiro atoms. The van der Waals surface area contributed by atoms with Crippen molar-refractivity contribution < 1.29 is 9.59 Å². The van der Waals surface area contributed by atoms with E-state index in [2.05, 4.69) is 25.5 Å². The van der Waals surface area contributed by atoms with Crippen LogP contribution in [-0.4, -0.2) is 40.9 Å². The molecule has 2 N–H and O–H groups in total. The van der Waals surface area contributed by atoms with Crippen molar-refractivity contribution >= 4 is 17.6 Å². The lowest BCUT2D eigenvalue weighted by Gasteiger charge is -2.40. The van der Waals surface area contributed by atoms with Gasteiger partial charge in [-0.05, 0) is 23.8 Å². The molecule has 2 aliphatic heterocycles. The van der Waals surface area contributed by atoms with E-state index in [-0.39, 0.29) is 17.9 Å². The van der Waals surface area contributed by atoms with Crippen LogP contribution >= 0.6 is 0 Å². The minimum Gasteiger partial charge on any atom is -0.352 e. The monoisotopic (exact) mass is 309 g/mol. The first-order valence-electron chi connectivity index (χ1n) is 7.43. The number of aromatic nitrogens is 2. The van der Waals surface area contributed by atoms with E-state index in [1.165, 1.54) is 6.33 Å². The molecule has 3 heterocycles. The van der Waals surface area contributed by atoms with Gasteiger partial charge in [0.15, 0.2) is 0 Å². The third-order valence-corrected chi connectivity index (χ3v) is 4.16. The van der Waals surface area contributed by atoms with Crippen LogP contribution in [0.25, 0.3) is 0 Å². The molecule has 1 fully saturated rings. The number of nitrogens with zero attached hydrogens (tertiary/aromatic N) is 3. The third-order valence-electron chi connectivity index (χ3n) is 4.16. The average molecular weight is 309 g/mol. The molecule has 7 nitrogen and oxygen atoms in total. The molecule has 7 heteroatoms. The van der Waals surface area contributed by atoms with E-state index in [4.69, 9.17) is 0 Å². The standard InChI is InChI=1S/C16H15N5O2/c22-15(10-1-2-11-6-18-16(23)13(11)5-10)20-12-7-21(8-12)14-3-4-17-9-19-14/h1-5,9,12H,6-8H2,(H,18,23)(H,20,22). The van der Waals surface area contributed by atoms with Crippen molar-refractivity contribution in [3.63, 3.8) is 0 Å². The number of hydrogen-bond donors (Lipinski definition) is 2. The van der Waals surface area contributed by atoms with Crippen molar-refractivity contribution in [1.29, 1.82) is 0 Å². The van der Waals surface area contributed by atoms with Crippen LogP contribution in [0, 0.1) is 0 Å². The maximum Gasteiger partial charge on any atom is 0.251 e. The summed E-state index contributed by atoms with van der Waals surface area (Å²) in [4.78, 5) is 34.1. The van der Waals surface area contributed by atoms with Gasteiger partial charge in [0.05, 0.1) is 6.04 Å². The molecule has 4 rings (SSSR count). The van der Waals surface area contributed by atoms with Crippen LogP contribution in [0.4, 0.5) is 5.82 Å². The Balaban J connectivity index is 1.38. The van der Waals surface area contributed by atoms with Crippen LogP contribution in [-0.2, 0) is 6.54 Å². The summed E-state index contributed by atoms with van der Waals surface area (Å²) in [6.45, 7) is 1.97. The molecule has 0 unspecified atom stereocenters. The molecular weight excluding hydrogens is 294 g/mol. The average Bonchev–Trinajstić information content (AvgIpc) is 2.92. The quantitative estimate of drug-likeness (QED) is 0.853. The fraction of sp³-hybridized carbons (Fsp3) is 0.250. The zero-order valence-corrected chi connectivity index (χ0v) is 12.3. The Morgan fingerprint density at radius 2 is 2.17 bits per heavy atom. The van der Waals surface area contributed by atoms with E-state index in [0.717, 1.165) is 11.4 Å². The van der Waals surface area contributed by atoms with Crippen molar-refractivity contribution in [3.8, 4) is 0 Å². The van der Waals surface area contributed by atoms with Gasteiger partial charge in [0.1, 0.15) is 12.1 Å². The van der Waals surface area contributed by atoms with E-state index in [1.54, 1.807) is 18.3 Å². The largest absolute Gasteiger partial charge is 0.352 e. The highest BCUT2D eigenvalue weighted by Crippen LogP contribution is 2.19. The van der Waals surface area contributed by atoms with Crippen LogP contribution in [0.2, 0.25) is 0 Å². The van der Waals surface area contributed by atoms with Gasteiger partial charge in [-0.2, -0.15) is 0 Å². The molecule has 23 heavy (non-hydrogen) atoms. The number of amides is 2. The van der Waals surface area contributed by atoms with Crippen LogP contribution < -0.4 is 15.5 Å². The van der Waals surface area contributed by atoms with Crippen molar-refractivity contribution in [3.05, 3.63) is 53.5 Å². The molecule has 2 aliphatic rings. The molecular formula is C16H15N5O2. The number of hydrogen-bond acceptors (Lipinski definition) is 5. The highest BCUT2D eigenvalue weighted by atomic mass is 16.2. The second-order valence-electron chi connectivity index (χ2n) is 5.70. The van der Waals surface area contributed by atoms with Gasteiger partial charge in [-0.25, -0.2) is 9.97 Å². The fourth-order valence-electron chi connectivity index (χ4n) is 2.85. The summed E-state index contributed by atoms with van der Waals surface area (Å²) in [6, 6.07) is 7.18. The lowest BCUT2D eigenvalue weighted by Crippen LogP contribution is -2.59. The second kappa shape index (κ2) is 5.35. The lowest BCUT2D eigenvalue weighted by atomic mass is 10.0. The highest BCUT2D eigenvalue weighted by Gasteiger charge is 2.29. The van der Waals surface area contributed by atoms with E-state index >= 15 is 0 Å². The SMILES string of the molecule is O=C(NC1CN(c2ccncn2)C1)c1ccc2c(c1)C(=O)NC2. The van der Waals surface area contributed by atoms with Crippen molar-refractivity contribution in [2.24, 2.45) is 0 Å². The molecule has 2 amide bonds. The predicted molar refractivity (Wildman–Crippen MR) is 83.1 cm³/mol. The molecule has 0 radical (unpaired) electrons. The van der Waals surface area contributed by atoms with E-state index in [1.807, 2.05) is 12.1 Å². The summed E-state index contributed by atoms with van der Waals surface area (Å²) in [5.41, 5.74) is 2.04. The number of benzene rings is 1. The third kappa shape index (κ3) is 2.50. The summed E-state index contributed by atoms with van der Waals surface area (Å²) in [6.07, 6.45) is 3.21. The number of fused-ring (bicyclic) bond motifs is 1. The highest BCUT2D eigenvalue weighted by molar-refractivity contribution is 6.02. The first-order chi connectivity index (χ1) is 11.2. The number of anilines is 1. The van der Waals surface area contributed by atoms with Gasteiger partial charge >= 0.3 is 0 Å². The number of carbonyl (C=O) groups excluding carboxylic acids is 2. The van der Waals surface area contributed by atoms with Gasteiger partial charge in [-0.3, -0.25) is 9.59 Å². The minimum atomic E-state index is -0.153. The Kier molecular flexibility index (Phi) is 3.18. The molecule has 0 aliphatic carbocycles.